The van der Waals surface area contributed by atoms with Gasteiger partial charge in [-0.05, 0) is 42.8 Å². The second-order valence-electron chi connectivity index (χ2n) is 5.61. The fourth-order valence-corrected chi connectivity index (χ4v) is 3.09. The van der Waals surface area contributed by atoms with Gasteiger partial charge in [0.25, 0.3) is 11.5 Å². The first-order valence-corrected chi connectivity index (χ1v) is 7.32. The van der Waals surface area contributed by atoms with Crippen LogP contribution in [0.1, 0.15) is 29.8 Å². The van der Waals surface area contributed by atoms with Crippen molar-refractivity contribution >= 4 is 29.1 Å². The number of nitrogens with one attached hydrogen (secondary N) is 2. The van der Waals surface area contributed by atoms with Gasteiger partial charge in [-0.25, -0.2) is 0 Å². The summed E-state index contributed by atoms with van der Waals surface area (Å²) in [7, 11) is 0. The van der Waals surface area contributed by atoms with E-state index in [9.17, 15) is 9.59 Å². The highest BCUT2D eigenvalue weighted by molar-refractivity contribution is 5.96. The van der Waals surface area contributed by atoms with Gasteiger partial charge in [0.1, 0.15) is 5.69 Å². The van der Waals surface area contributed by atoms with Crippen LogP contribution in [0.3, 0.4) is 0 Å². The molecule has 118 valence electrons. The van der Waals surface area contributed by atoms with E-state index in [4.69, 9.17) is 5.73 Å². The van der Waals surface area contributed by atoms with E-state index in [1.165, 1.54) is 0 Å². The van der Waals surface area contributed by atoms with E-state index in [0.717, 1.165) is 24.6 Å². The van der Waals surface area contributed by atoms with Crippen molar-refractivity contribution in [3.8, 4) is 0 Å². The molecule has 3 rings (SSSR count). The van der Waals surface area contributed by atoms with Crippen LogP contribution < -0.4 is 16.6 Å². The Labute approximate surface area is 134 Å². The fraction of sp³-hybridized carbons (Fsp3) is 0.375. The third-order valence-corrected chi connectivity index (χ3v) is 4.28. The zero-order valence-corrected chi connectivity index (χ0v) is 13.0. The topological polar surface area (TPSA) is 88.0 Å². The second kappa shape index (κ2) is 6.94. The van der Waals surface area contributed by atoms with Crippen LogP contribution in [0.4, 0.5) is 0 Å². The smallest absolute Gasteiger partial charge is 0.268 e. The third-order valence-electron chi connectivity index (χ3n) is 4.28. The number of halogens is 1. The van der Waals surface area contributed by atoms with Crippen molar-refractivity contribution in [1.82, 2.24) is 10.3 Å². The van der Waals surface area contributed by atoms with Crippen molar-refractivity contribution in [2.75, 3.05) is 6.54 Å². The van der Waals surface area contributed by atoms with Crippen molar-refractivity contribution in [3.05, 3.63) is 46.4 Å². The molecule has 2 atom stereocenters. The van der Waals surface area contributed by atoms with Gasteiger partial charge in [-0.15, -0.1) is 12.4 Å². The number of amides is 1. The van der Waals surface area contributed by atoms with Gasteiger partial charge < -0.3 is 16.0 Å². The van der Waals surface area contributed by atoms with Gasteiger partial charge >= 0.3 is 0 Å². The van der Waals surface area contributed by atoms with E-state index in [0.29, 0.717) is 23.5 Å². The lowest BCUT2D eigenvalue weighted by Crippen LogP contribution is -2.40. The van der Waals surface area contributed by atoms with Gasteiger partial charge in [0, 0.05) is 11.4 Å². The summed E-state index contributed by atoms with van der Waals surface area (Å²) in [5.74, 6) is 0.101. The number of rotatable bonds is 3. The van der Waals surface area contributed by atoms with Crippen LogP contribution in [0.15, 0.2) is 35.1 Å². The number of aromatic nitrogens is 1. The van der Waals surface area contributed by atoms with Crippen molar-refractivity contribution in [2.45, 2.75) is 25.3 Å². The number of aromatic amines is 1. The molecule has 0 aliphatic heterocycles. The van der Waals surface area contributed by atoms with Crippen LogP contribution in [-0.2, 0) is 0 Å². The summed E-state index contributed by atoms with van der Waals surface area (Å²) < 4.78 is 0. The monoisotopic (exact) mass is 321 g/mol. The molecular formula is C16H20ClN3O2. The van der Waals surface area contributed by atoms with Gasteiger partial charge in [0.05, 0.1) is 0 Å². The molecule has 5 nitrogen and oxygen atoms in total. The first-order valence-electron chi connectivity index (χ1n) is 7.32. The molecule has 1 amide bonds. The minimum atomic E-state index is -0.236. The standard InChI is InChI=1S/C16H19N3O2.ClH/c17-9-11-5-3-7-13(11)18-16(21)14-8-10-4-1-2-6-12(10)15(20)19-14;/h1-2,4,6,8,11,13H,3,5,7,9,17H2,(H,18,21)(H,19,20);1H. The Hall–Kier alpha value is -1.85. The molecule has 1 aliphatic rings. The SMILES string of the molecule is Cl.NCC1CCCC1NC(=O)c1cc2ccccc2c(=O)[nH]1. The number of hydrogen-bond donors (Lipinski definition) is 3. The third kappa shape index (κ3) is 3.15. The van der Waals surface area contributed by atoms with Gasteiger partial charge in [0.15, 0.2) is 0 Å². The minimum absolute atomic E-state index is 0. The van der Waals surface area contributed by atoms with Crippen molar-refractivity contribution in [3.63, 3.8) is 0 Å². The van der Waals surface area contributed by atoms with Crippen molar-refractivity contribution < 1.29 is 4.79 Å². The Morgan fingerprint density at radius 2 is 2.09 bits per heavy atom. The molecule has 4 N–H and O–H groups in total. The largest absolute Gasteiger partial charge is 0.348 e. The molecule has 22 heavy (non-hydrogen) atoms. The number of fused-ring (bicyclic) bond motifs is 1. The van der Waals surface area contributed by atoms with E-state index < -0.39 is 0 Å². The summed E-state index contributed by atoms with van der Waals surface area (Å²) in [5.41, 5.74) is 5.80. The summed E-state index contributed by atoms with van der Waals surface area (Å²) in [6, 6.07) is 9.07. The average molecular weight is 322 g/mol. The zero-order valence-electron chi connectivity index (χ0n) is 12.2. The number of carbonyl (C=O) groups excluding carboxylic acids is 1. The number of benzene rings is 1. The molecular weight excluding hydrogens is 302 g/mol. The lowest BCUT2D eigenvalue weighted by Gasteiger charge is -2.19. The quantitative estimate of drug-likeness (QED) is 0.805. The Morgan fingerprint density at radius 1 is 1.32 bits per heavy atom. The summed E-state index contributed by atoms with van der Waals surface area (Å²) in [5, 5.41) is 4.36. The highest BCUT2D eigenvalue weighted by Crippen LogP contribution is 2.24. The summed E-state index contributed by atoms with van der Waals surface area (Å²) in [4.78, 5) is 27.0. The maximum Gasteiger partial charge on any atom is 0.268 e. The van der Waals surface area contributed by atoms with Gasteiger partial charge in [-0.2, -0.15) is 0 Å². The molecule has 1 heterocycles. The van der Waals surface area contributed by atoms with E-state index in [2.05, 4.69) is 10.3 Å². The molecule has 1 aromatic heterocycles. The van der Waals surface area contributed by atoms with Crippen molar-refractivity contribution in [1.29, 1.82) is 0 Å². The molecule has 0 spiro atoms. The predicted molar refractivity (Wildman–Crippen MR) is 89.5 cm³/mol. The van der Waals surface area contributed by atoms with Crippen LogP contribution in [-0.4, -0.2) is 23.5 Å². The predicted octanol–water partition coefficient (Wildman–Crippen LogP) is 1.81. The summed E-state index contributed by atoms with van der Waals surface area (Å²) >= 11 is 0. The number of hydrogen-bond acceptors (Lipinski definition) is 3. The number of pyridine rings is 1. The zero-order chi connectivity index (χ0) is 14.8. The van der Waals surface area contributed by atoms with Crippen LogP contribution >= 0.6 is 12.4 Å². The molecule has 6 heteroatoms. The molecule has 1 aliphatic carbocycles. The van der Waals surface area contributed by atoms with E-state index in [1.807, 2.05) is 18.2 Å². The normalized spacial score (nSPS) is 20.6. The fourth-order valence-electron chi connectivity index (χ4n) is 3.09. The Bertz CT molecular complexity index is 729. The molecule has 0 radical (unpaired) electrons. The lowest BCUT2D eigenvalue weighted by molar-refractivity contribution is 0.0923. The van der Waals surface area contributed by atoms with E-state index in [1.54, 1.807) is 12.1 Å². The highest BCUT2D eigenvalue weighted by Gasteiger charge is 2.27. The minimum Gasteiger partial charge on any atom is -0.348 e. The molecule has 1 fully saturated rings. The first kappa shape index (κ1) is 16.5. The van der Waals surface area contributed by atoms with E-state index in [-0.39, 0.29) is 29.9 Å². The van der Waals surface area contributed by atoms with Gasteiger partial charge in [-0.1, -0.05) is 24.6 Å². The van der Waals surface area contributed by atoms with Gasteiger partial charge in [0.2, 0.25) is 0 Å². The summed E-state index contributed by atoms with van der Waals surface area (Å²) in [6.45, 7) is 0.583. The maximum atomic E-state index is 12.3. The molecule has 2 unspecified atom stereocenters. The first-order chi connectivity index (χ1) is 10.2. The van der Waals surface area contributed by atoms with Crippen molar-refractivity contribution in [2.24, 2.45) is 11.7 Å². The van der Waals surface area contributed by atoms with Crippen LogP contribution in [0, 0.1) is 5.92 Å². The summed E-state index contributed by atoms with van der Waals surface area (Å²) in [6.07, 6.45) is 3.09. The van der Waals surface area contributed by atoms with E-state index >= 15 is 0 Å². The number of carbonyl (C=O) groups is 1. The second-order valence-corrected chi connectivity index (χ2v) is 5.61. The average Bonchev–Trinajstić information content (AvgIpc) is 2.94. The van der Waals surface area contributed by atoms with Crippen LogP contribution in [0.25, 0.3) is 10.8 Å². The lowest BCUT2D eigenvalue weighted by atomic mass is 10.0. The number of H-pyrrole nitrogens is 1. The maximum absolute atomic E-state index is 12.3. The van der Waals surface area contributed by atoms with Crippen LogP contribution in [0.5, 0.6) is 0 Å². The molecule has 0 bridgehead atoms. The highest BCUT2D eigenvalue weighted by atomic mass is 35.5. The molecule has 0 saturated heterocycles. The molecule has 2 aromatic rings. The Kier molecular flexibility index (Phi) is 5.21. The number of nitrogens with two attached hydrogens (primary N) is 1. The van der Waals surface area contributed by atoms with Gasteiger partial charge in [-0.3, -0.25) is 9.59 Å². The van der Waals surface area contributed by atoms with Crippen LogP contribution in [0.2, 0.25) is 0 Å². The Balaban J connectivity index is 0.00000176. The Morgan fingerprint density at radius 3 is 2.86 bits per heavy atom. The molecule has 1 aromatic carbocycles. The molecule has 1 saturated carbocycles.